The summed E-state index contributed by atoms with van der Waals surface area (Å²) in [7, 11) is 0. The fourth-order valence-electron chi connectivity index (χ4n) is 2.38. The zero-order valence-corrected chi connectivity index (χ0v) is 13.0. The van der Waals surface area contributed by atoms with E-state index in [0.717, 1.165) is 12.8 Å². The number of nitrogens with one attached hydrogen (secondary N) is 1. The number of hydrogen-bond donors (Lipinski definition) is 1. The van der Waals surface area contributed by atoms with Crippen molar-refractivity contribution in [2.45, 2.75) is 51.2 Å². The highest BCUT2D eigenvalue weighted by molar-refractivity contribution is 6.42. The molecule has 1 N–H and O–H groups in total. The minimum atomic E-state index is -0.590. The summed E-state index contributed by atoms with van der Waals surface area (Å²) in [5, 5.41) is 3.79. The minimum Gasteiger partial charge on any atom is -0.479 e. The van der Waals surface area contributed by atoms with Gasteiger partial charge in [0.2, 0.25) is 0 Å². The molecule has 1 aromatic rings. The van der Waals surface area contributed by atoms with Gasteiger partial charge in [0.25, 0.3) is 5.91 Å². The van der Waals surface area contributed by atoms with Crippen LogP contribution in [0.1, 0.15) is 39.0 Å². The summed E-state index contributed by atoms with van der Waals surface area (Å²) in [6.45, 7) is 1.72. The number of halogens is 2. The second kappa shape index (κ2) is 7.19. The summed E-state index contributed by atoms with van der Waals surface area (Å²) in [6.07, 6.45) is 5.14. The van der Waals surface area contributed by atoms with E-state index in [0.29, 0.717) is 15.8 Å². The lowest BCUT2D eigenvalue weighted by Gasteiger charge is -2.24. The zero-order valence-electron chi connectivity index (χ0n) is 11.5. The predicted molar refractivity (Wildman–Crippen MR) is 81.6 cm³/mol. The van der Waals surface area contributed by atoms with Crippen molar-refractivity contribution in [2.24, 2.45) is 0 Å². The third-order valence-electron chi connectivity index (χ3n) is 3.54. The van der Waals surface area contributed by atoms with E-state index in [4.69, 9.17) is 27.9 Å². The molecule has 0 aliphatic heterocycles. The summed E-state index contributed by atoms with van der Waals surface area (Å²) in [6, 6.07) is 5.41. The van der Waals surface area contributed by atoms with Crippen molar-refractivity contribution >= 4 is 29.1 Å². The monoisotopic (exact) mass is 315 g/mol. The highest BCUT2D eigenvalue weighted by Crippen LogP contribution is 2.32. The first-order chi connectivity index (χ1) is 9.58. The standard InChI is InChI=1S/C15H19Cl2NO2/c1-10(15(19)18-11-6-3-2-4-7-11)20-13-9-5-8-12(16)14(13)17/h5,8-11H,2-4,6-7H2,1H3,(H,18,19). The van der Waals surface area contributed by atoms with Gasteiger partial charge in [0.1, 0.15) is 10.8 Å². The molecule has 1 fully saturated rings. The number of rotatable bonds is 4. The molecular formula is C15H19Cl2NO2. The van der Waals surface area contributed by atoms with Gasteiger partial charge in [-0.05, 0) is 31.9 Å². The number of amides is 1. The molecule has 1 unspecified atom stereocenters. The fraction of sp³-hybridized carbons (Fsp3) is 0.533. The minimum absolute atomic E-state index is 0.104. The molecule has 3 nitrogen and oxygen atoms in total. The maximum Gasteiger partial charge on any atom is 0.260 e. The van der Waals surface area contributed by atoms with E-state index < -0.39 is 6.10 Å². The van der Waals surface area contributed by atoms with Gasteiger partial charge in [0.15, 0.2) is 6.10 Å². The van der Waals surface area contributed by atoms with Gasteiger partial charge in [-0.25, -0.2) is 0 Å². The summed E-state index contributed by atoms with van der Waals surface area (Å²) >= 11 is 12.0. The first-order valence-corrected chi connectivity index (χ1v) is 7.74. The number of benzene rings is 1. The lowest BCUT2D eigenvalue weighted by molar-refractivity contribution is -0.128. The van der Waals surface area contributed by atoms with Crippen LogP contribution in [0.5, 0.6) is 5.75 Å². The van der Waals surface area contributed by atoms with E-state index in [1.165, 1.54) is 19.3 Å². The maximum atomic E-state index is 12.1. The molecule has 0 radical (unpaired) electrons. The molecule has 1 atom stereocenters. The molecule has 0 heterocycles. The van der Waals surface area contributed by atoms with Crippen LogP contribution in [0, 0.1) is 0 Å². The summed E-state index contributed by atoms with van der Waals surface area (Å²) in [4.78, 5) is 12.1. The first-order valence-electron chi connectivity index (χ1n) is 6.99. The SMILES string of the molecule is CC(Oc1cccc(Cl)c1Cl)C(=O)NC1CCCCC1. The van der Waals surface area contributed by atoms with Crippen LogP contribution in [-0.4, -0.2) is 18.1 Å². The van der Waals surface area contributed by atoms with Crippen molar-refractivity contribution in [1.82, 2.24) is 5.32 Å². The third kappa shape index (κ3) is 4.03. The topological polar surface area (TPSA) is 38.3 Å². The maximum absolute atomic E-state index is 12.1. The van der Waals surface area contributed by atoms with E-state index in [2.05, 4.69) is 5.32 Å². The highest BCUT2D eigenvalue weighted by Gasteiger charge is 2.21. The Morgan fingerprint density at radius 2 is 2.00 bits per heavy atom. The van der Waals surface area contributed by atoms with E-state index in [1.54, 1.807) is 25.1 Å². The molecule has 1 aliphatic rings. The Morgan fingerprint density at radius 1 is 1.30 bits per heavy atom. The lowest BCUT2D eigenvalue weighted by atomic mass is 9.95. The second-order valence-electron chi connectivity index (χ2n) is 5.16. The molecule has 20 heavy (non-hydrogen) atoms. The lowest BCUT2D eigenvalue weighted by Crippen LogP contribution is -2.43. The van der Waals surface area contributed by atoms with Gasteiger partial charge in [-0.3, -0.25) is 4.79 Å². The Morgan fingerprint density at radius 3 is 2.70 bits per heavy atom. The van der Waals surface area contributed by atoms with Gasteiger partial charge in [-0.15, -0.1) is 0 Å². The van der Waals surface area contributed by atoms with E-state index in [-0.39, 0.29) is 11.9 Å². The van der Waals surface area contributed by atoms with Gasteiger partial charge >= 0.3 is 0 Å². The summed E-state index contributed by atoms with van der Waals surface area (Å²) < 4.78 is 5.60. The molecule has 110 valence electrons. The number of carbonyl (C=O) groups excluding carboxylic acids is 1. The first kappa shape index (κ1) is 15.5. The van der Waals surface area contributed by atoms with Crippen molar-refractivity contribution in [3.63, 3.8) is 0 Å². The van der Waals surface area contributed by atoms with E-state index in [9.17, 15) is 4.79 Å². The van der Waals surface area contributed by atoms with Crippen molar-refractivity contribution in [2.75, 3.05) is 0 Å². The zero-order chi connectivity index (χ0) is 14.5. The van der Waals surface area contributed by atoms with Crippen molar-refractivity contribution in [3.05, 3.63) is 28.2 Å². The number of ether oxygens (including phenoxy) is 1. The van der Waals surface area contributed by atoms with Crippen molar-refractivity contribution in [3.8, 4) is 5.75 Å². The molecule has 1 amide bonds. The normalized spacial score (nSPS) is 17.6. The Balaban J connectivity index is 1.91. The van der Waals surface area contributed by atoms with Crippen LogP contribution in [0.15, 0.2) is 18.2 Å². The van der Waals surface area contributed by atoms with E-state index in [1.807, 2.05) is 0 Å². The predicted octanol–water partition coefficient (Wildman–Crippen LogP) is 4.21. The highest BCUT2D eigenvalue weighted by atomic mass is 35.5. The van der Waals surface area contributed by atoms with Crippen molar-refractivity contribution < 1.29 is 9.53 Å². The van der Waals surface area contributed by atoms with Crippen LogP contribution >= 0.6 is 23.2 Å². The van der Waals surface area contributed by atoms with E-state index >= 15 is 0 Å². The van der Waals surface area contributed by atoms with Crippen LogP contribution in [0.25, 0.3) is 0 Å². The average molecular weight is 316 g/mol. The van der Waals surface area contributed by atoms with Crippen LogP contribution in [0.2, 0.25) is 10.0 Å². The quantitative estimate of drug-likeness (QED) is 0.903. The summed E-state index contributed by atoms with van der Waals surface area (Å²) in [5.74, 6) is 0.332. The van der Waals surface area contributed by atoms with Crippen LogP contribution in [-0.2, 0) is 4.79 Å². The number of carbonyl (C=O) groups is 1. The number of hydrogen-bond acceptors (Lipinski definition) is 2. The van der Waals surface area contributed by atoms with Gasteiger partial charge in [-0.1, -0.05) is 48.5 Å². The molecule has 0 spiro atoms. The average Bonchev–Trinajstić information content (AvgIpc) is 2.45. The van der Waals surface area contributed by atoms with Gasteiger partial charge in [0, 0.05) is 6.04 Å². The Labute approximate surface area is 129 Å². The Hall–Kier alpha value is -0.930. The summed E-state index contributed by atoms with van der Waals surface area (Å²) in [5.41, 5.74) is 0. The third-order valence-corrected chi connectivity index (χ3v) is 4.34. The fourth-order valence-corrected chi connectivity index (χ4v) is 2.72. The molecule has 1 aromatic carbocycles. The van der Waals surface area contributed by atoms with Crippen LogP contribution < -0.4 is 10.1 Å². The van der Waals surface area contributed by atoms with Crippen LogP contribution in [0.3, 0.4) is 0 Å². The smallest absolute Gasteiger partial charge is 0.260 e. The molecule has 1 aliphatic carbocycles. The second-order valence-corrected chi connectivity index (χ2v) is 5.94. The molecular weight excluding hydrogens is 297 g/mol. The van der Waals surface area contributed by atoms with Crippen molar-refractivity contribution in [1.29, 1.82) is 0 Å². The molecule has 0 aromatic heterocycles. The molecule has 2 rings (SSSR count). The van der Waals surface area contributed by atoms with Gasteiger partial charge < -0.3 is 10.1 Å². The van der Waals surface area contributed by atoms with Gasteiger partial charge in [-0.2, -0.15) is 0 Å². The molecule has 0 bridgehead atoms. The van der Waals surface area contributed by atoms with Gasteiger partial charge in [0.05, 0.1) is 5.02 Å². The molecule has 1 saturated carbocycles. The molecule has 0 saturated heterocycles. The Kier molecular flexibility index (Phi) is 5.55. The molecule has 5 heteroatoms. The van der Waals surface area contributed by atoms with Crippen LogP contribution in [0.4, 0.5) is 0 Å². The largest absolute Gasteiger partial charge is 0.479 e. The Bertz CT molecular complexity index is 473.